The van der Waals surface area contributed by atoms with Crippen LogP contribution in [0, 0.1) is 0 Å². The molecule has 0 heterocycles. The third kappa shape index (κ3) is 8.73. The molecule has 0 fully saturated rings. The predicted molar refractivity (Wildman–Crippen MR) is 88.2 cm³/mol. The molecule has 120 valence electrons. The SMILES string of the molecule is ClCCOCCOc1ccc(Br)cc1OCCOCCCl. The van der Waals surface area contributed by atoms with Crippen LogP contribution in [0.4, 0.5) is 0 Å². The Morgan fingerprint density at radius 1 is 0.762 bits per heavy atom. The monoisotopic (exact) mass is 400 g/mol. The molecule has 0 bridgehead atoms. The van der Waals surface area contributed by atoms with Gasteiger partial charge in [-0.3, -0.25) is 0 Å². The van der Waals surface area contributed by atoms with Gasteiger partial charge in [-0.15, -0.1) is 23.2 Å². The summed E-state index contributed by atoms with van der Waals surface area (Å²) in [4.78, 5) is 0. The molecular weight excluding hydrogens is 383 g/mol. The summed E-state index contributed by atoms with van der Waals surface area (Å²) in [5.74, 6) is 2.30. The van der Waals surface area contributed by atoms with Gasteiger partial charge in [0.05, 0.1) is 26.4 Å². The standard InChI is InChI=1S/C14H19BrCl2O4/c15-12-1-2-13(20-9-7-18-5-3-16)14(11-12)21-10-8-19-6-4-17/h1-2,11H,3-10H2. The van der Waals surface area contributed by atoms with E-state index in [0.29, 0.717) is 62.9 Å². The average molecular weight is 402 g/mol. The summed E-state index contributed by atoms with van der Waals surface area (Å²) in [5, 5.41) is 0. The van der Waals surface area contributed by atoms with Crippen molar-refractivity contribution in [3.05, 3.63) is 22.7 Å². The van der Waals surface area contributed by atoms with Crippen LogP contribution in [0.2, 0.25) is 0 Å². The van der Waals surface area contributed by atoms with Crippen LogP contribution in [0.15, 0.2) is 22.7 Å². The Balaban J connectivity index is 2.39. The lowest BCUT2D eigenvalue weighted by Crippen LogP contribution is -2.11. The van der Waals surface area contributed by atoms with Crippen LogP contribution >= 0.6 is 39.1 Å². The highest BCUT2D eigenvalue weighted by Crippen LogP contribution is 2.30. The molecule has 1 rings (SSSR count). The minimum atomic E-state index is 0.437. The summed E-state index contributed by atoms with van der Waals surface area (Å²) in [6.07, 6.45) is 0. The van der Waals surface area contributed by atoms with Crippen molar-refractivity contribution in [1.29, 1.82) is 0 Å². The molecule has 0 amide bonds. The molecule has 1 aromatic carbocycles. The van der Waals surface area contributed by atoms with Gasteiger partial charge in [0, 0.05) is 16.2 Å². The zero-order chi connectivity index (χ0) is 15.3. The quantitative estimate of drug-likeness (QED) is 0.395. The summed E-state index contributed by atoms with van der Waals surface area (Å²) in [6.45, 7) is 2.89. The first-order valence-corrected chi connectivity index (χ1v) is 8.46. The number of alkyl halides is 2. The molecule has 0 saturated heterocycles. The number of hydrogen-bond acceptors (Lipinski definition) is 4. The largest absolute Gasteiger partial charge is 0.487 e. The molecule has 0 aliphatic rings. The summed E-state index contributed by atoms with van der Waals surface area (Å²) in [7, 11) is 0. The Labute approximate surface area is 143 Å². The van der Waals surface area contributed by atoms with Crippen LogP contribution in [0.1, 0.15) is 0 Å². The van der Waals surface area contributed by atoms with E-state index in [4.69, 9.17) is 42.1 Å². The van der Waals surface area contributed by atoms with Gasteiger partial charge < -0.3 is 18.9 Å². The summed E-state index contributed by atoms with van der Waals surface area (Å²) in [5.41, 5.74) is 0. The van der Waals surface area contributed by atoms with Crippen molar-refractivity contribution >= 4 is 39.1 Å². The Morgan fingerprint density at radius 3 is 1.90 bits per heavy atom. The van der Waals surface area contributed by atoms with Crippen LogP contribution in [-0.2, 0) is 9.47 Å². The van der Waals surface area contributed by atoms with E-state index in [1.54, 1.807) is 0 Å². The van der Waals surface area contributed by atoms with Gasteiger partial charge in [-0.2, -0.15) is 0 Å². The van der Waals surface area contributed by atoms with Gasteiger partial charge in [-0.05, 0) is 18.2 Å². The minimum absolute atomic E-state index is 0.437. The Kier molecular flexibility index (Phi) is 11.1. The Hall–Kier alpha value is -0.200. The summed E-state index contributed by atoms with van der Waals surface area (Å²) >= 11 is 14.5. The van der Waals surface area contributed by atoms with E-state index in [9.17, 15) is 0 Å². The maximum atomic E-state index is 5.66. The van der Waals surface area contributed by atoms with Gasteiger partial charge >= 0.3 is 0 Å². The molecular formula is C14H19BrCl2O4. The second-order valence-corrected chi connectivity index (χ2v) is 5.56. The first-order chi connectivity index (χ1) is 10.3. The van der Waals surface area contributed by atoms with Crippen molar-refractivity contribution in [2.45, 2.75) is 0 Å². The fourth-order valence-electron chi connectivity index (χ4n) is 1.45. The number of hydrogen-bond donors (Lipinski definition) is 0. The van der Waals surface area contributed by atoms with Crippen LogP contribution < -0.4 is 9.47 Å². The molecule has 7 heteroatoms. The van der Waals surface area contributed by atoms with Crippen LogP contribution in [0.5, 0.6) is 11.5 Å². The molecule has 0 atom stereocenters. The molecule has 0 spiro atoms. The molecule has 21 heavy (non-hydrogen) atoms. The van der Waals surface area contributed by atoms with E-state index in [-0.39, 0.29) is 0 Å². The zero-order valence-corrected chi connectivity index (χ0v) is 14.8. The Morgan fingerprint density at radius 2 is 1.33 bits per heavy atom. The second kappa shape index (κ2) is 12.4. The van der Waals surface area contributed by atoms with Crippen molar-refractivity contribution in [2.24, 2.45) is 0 Å². The molecule has 0 saturated carbocycles. The zero-order valence-electron chi connectivity index (χ0n) is 11.7. The van der Waals surface area contributed by atoms with E-state index in [0.717, 1.165) is 4.47 Å². The fraction of sp³-hybridized carbons (Fsp3) is 0.571. The van der Waals surface area contributed by atoms with E-state index >= 15 is 0 Å². The lowest BCUT2D eigenvalue weighted by molar-refractivity contribution is 0.101. The van der Waals surface area contributed by atoms with E-state index in [1.165, 1.54) is 0 Å². The lowest BCUT2D eigenvalue weighted by atomic mass is 10.3. The maximum Gasteiger partial charge on any atom is 0.162 e. The maximum absolute atomic E-state index is 5.66. The Bertz CT molecular complexity index is 393. The molecule has 0 aromatic heterocycles. The number of halogens is 3. The third-order valence-electron chi connectivity index (χ3n) is 2.32. The fourth-order valence-corrected chi connectivity index (χ4v) is 2.01. The highest BCUT2D eigenvalue weighted by atomic mass is 79.9. The normalized spacial score (nSPS) is 10.6. The molecule has 1 aromatic rings. The number of benzene rings is 1. The summed E-state index contributed by atoms with van der Waals surface area (Å²) < 4.78 is 22.7. The first-order valence-electron chi connectivity index (χ1n) is 6.60. The third-order valence-corrected chi connectivity index (χ3v) is 3.12. The van der Waals surface area contributed by atoms with Gasteiger partial charge in [-0.1, -0.05) is 15.9 Å². The van der Waals surface area contributed by atoms with Crippen LogP contribution in [0.25, 0.3) is 0 Å². The van der Waals surface area contributed by atoms with Gasteiger partial charge in [0.15, 0.2) is 11.5 Å². The number of rotatable bonds is 12. The van der Waals surface area contributed by atoms with Crippen LogP contribution in [0.3, 0.4) is 0 Å². The molecule has 0 unspecified atom stereocenters. The highest BCUT2D eigenvalue weighted by Gasteiger charge is 2.06. The molecule has 0 aliphatic heterocycles. The van der Waals surface area contributed by atoms with Crippen LogP contribution in [-0.4, -0.2) is 51.4 Å². The van der Waals surface area contributed by atoms with Crippen molar-refractivity contribution < 1.29 is 18.9 Å². The van der Waals surface area contributed by atoms with Gasteiger partial charge in [0.1, 0.15) is 13.2 Å². The van der Waals surface area contributed by atoms with E-state index in [1.807, 2.05) is 18.2 Å². The molecule has 4 nitrogen and oxygen atoms in total. The van der Waals surface area contributed by atoms with E-state index < -0.39 is 0 Å². The predicted octanol–water partition coefficient (Wildman–Crippen LogP) is 3.72. The smallest absolute Gasteiger partial charge is 0.162 e. The van der Waals surface area contributed by atoms with Crippen molar-refractivity contribution in [1.82, 2.24) is 0 Å². The van der Waals surface area contributed by atoms with Crippen molar-refractivity contribution in [3.8, 4) is 11.5 Å². The lowest BCUT2D eigenvalue weighted by Gasteiger charge is -2.13. The number of ether oxygens (including phenoxy) is 4. The van der Waals surface area contributed by atoms with E-state index in [2.05, 4.69) is 15.9 Å². The van der Waals surface area contributed by atoms with Gasteiger partial charge in [0.25, 0.3) is 0 Å². The van der Waals surface area contributed by atoms with Crippen molar-refractivity contribution in [2.75, 3.05) is 51.4 Å². The molecule has 0 N–H and O–H groups in total. The highest BCUT2D eigenvalue weighted by molar-refractivity contribution is 9.10. The second-order valence-electron chi connectivity index (χ2n) is 3.89. The molecule has 0 radical (unpaired) electrons. The summed E-state index contributed by atoms with van der Waals surface area (Å²) in [6, 6.07) is 5.60. The topological polar surface area (TPSA) is 36.9 Å². The first kappa shape index (κ1) is 18.8. The van der Waals surface area contributed by atoms with Gasteiger partial charge in [0.2, 0.25) is 0 Å². The van der Waals surface area contributed by atoms with Gasteiger partial charge in [-0.25, -0.2) is 0 Å². The average Bonchev–Trinajstić information content (AvgIpc) is 2.48. The minimum Gasteiger partial charge on any atom is -0.487 e. The van der Waals surface area contributed by atoms with Crippen molar-refractivity contribution in [3.63, 3.8) is 0 Å². The molecule has 0 aliphatic carbocycles.